The van der Waals surface area contributed by atoms with Crippen molar-refractivity contribution in [3.05, 3.63) is 83.4 Å². The van der Waals surface area contributed by atoms with E-state index < -0.39 is 23.8 Å². The van der Waals surface area contributed by atoms with Gasteiger partial charge in [-0.3, -0.25) is 4.90 Å². The van der Waals surface area contributed by atoms with Crippen LogP contribution in [0.5, 0.6) is 0 Å². The van der Waals surface area contributed by atoms with E-state index in [0.29, 0.717) is 11.1 Å². The maximum absolute atomic E-state index is 14.0. The second-order valence-corrected chi connectivity index (χ2v) is 8.96. The van der Waals surface area contributed by atoms with Crippen LogP contribution in [0.1, 0.15) is 36.6 Å². The van der Waals surface area contributed by atoms with Crippen molar-refractivity contribution < 1.29 is 27.6 Å². The second kappa shape index (κ2) is 10.2. The zero-order valence-electron chi connectivity index (χ0n) is 20.7. The molecule has 9 heteroatoms. The zero-order valence-corrected chi connectivity index (χ0v) is 20.7. The summed E-state index contributed by atoms with van der Waals surface area (Å²) < 4.78 is 47.4. The molecule has 4 rings (SSSR count). The van der Waals surface area contributed by atoms with Crippen molar-refractivity contribution in [1.29, 1.82) is 0 Å². The van der Waals surface area contributed by atoms with Crippen LogP contribution in [-0.2, 0) is 11.0 Å². The molecule has 0 spiro atoms. The minimum Gasteiger partial charge on any atom is -0.548 e. The van der Waals surface area contributed by atoms with Crippen LogP contribution in [-0.4, -0.2) is 34.1 Å². The number of likely N-dealkylation sites (N-methyl/N-ethyl adjacent to an activating group) is 1. The number of nitrogens with zero attached hydrogens (tertiary/aromatic N) is 3. The third kappa shape index (κ3) is 5.41. The lowest BCUT2D eigenvalue weighted by atomic mass is 9.94. The average Bonchev–Trinajstić information content (AvgIpc) is 3.37. The van der Waals surface area contributed by atoms with E-state index in [4.69, 9.17) is 4.52 Å². The highest BCUT2D eigenvalue weighted by Crippen LogP contribution is 2.40. The number of carboxylic acids is 1. The number of carboxylic acid groups (broad SMARTS) is 1. The summed E-state index contributed by atoms with van der Waals surface area (Å²) in [7, 11) is 1.68. The lowest BCUT2D eigenvalue weighted by molar-refractivity contribution is -0.311. The van der Waals surface area contributed by atoms with Crippen molar-refractivity contribution in [2.45, 2.75) is 39.0 Å². The van der Waals surface area contributed by atoms with Gasteiger partial charge in [0.15, 0.2) is 0 Å². The van der Waals surface area contributed by atoms with Gasteiger partial charge in [0.25, 0.3) is 5.89 Å². The standard InChI is InChI=1S/C28H26F3N3O3/c1-16-8-5-6-11-22(16)23-13-12-21(15-24(23)28(29,30)31)26-32-25(33-37-26)20-10-7-9-19(14-20)17(2)34(4)18(3)27(35)36/h5-15,17-18H,1-4H3,(H,35,36)/p-1/t17?,18-/m0/s1. The average molecular weight is 509 g/mol. The van der Waals surface area contributed by atoms with Crippen LogP contribution in [0, 0.1) is 6.92 Å². The van der Waals surface area contributed by atoms with Crippen molar-refractivity contribution >= 4 is 5.97 Å². The van der Waals surface area contributed by atoms with Crippen LogP contribution in [0.3, 0.4) is 0 Å². The van der Waals surface area contributed by atoms with Gasteiger partial charge in [-0.1, -0.05) is 53.7 Å². The molecule has 0 saturated carbocycles. The number of aliphatic carboxylic acids is 1. The molecule has 6 nitrogen and oxygen atoms in total. The number of carbonyl (C=O) groups excluding carboxylic acids is 1. The first kappa shape index (κ1) is 26.1. The van der Waals surface area contributed by atoms with Gasteiger partial charge in [-0.15, -0.1) is 0 Å². The highest BCUT2D eigenvalue weighted by atomic mass is 19.4. The van der Waals surface area contributed by atoms with Crippen LogP contribution in [0.15, 0.2) is 71.3 Å². The highest BCUT2D eigenvalue weighted by Gasteiger charge is 2.35. The van der Waals surface area contributed by atoms with Crippen molar-refractivity contribution in [1.82, 2.24) is 15.0 Å². The molecule has 1 heterocycles. The van der Waals surface area contributed by atoms with Crippen LogP contribution < -0.4 is 5.11 Å². The van der Waals surface area contributed by atoms with E-state index in [2.05, 4.69) is 10.1 Å². The molecule has 0 N–H and O–H groups in total. The number of rotatable bonds is 7. The molecule has 0 aliphatic heterocycles. The molecule has 192 valence electrons. The molecular formula is C28H25F3N3O3-. The Morgan fingerprint density at radius 1 is 0.973 bits per heavy atom. The monoisotopic (exact) mass is 508 g/mol. The van der Waals surface area contributed by atoms with Crippen molar-refractivity contribution in [2.24, 2.45) is 0 Å². The number of halogens is 3. The number of alkyl halides is 3. The molecule has 0 aliphatic rings. The first-order valence-electron chi connectivity index (χ1n) is 11.6. The van der Waals surface area contributed by atoms with E-state index in [1.54, 1.807) is 68.3 Å². The molecule has 0 bridgehead atoms. The first-order valence-corrected chi connectivity index (χ1v) is 11.6. The van der Waals surface area contributed by atoms with Gasteiger partial charge in [0, 0.05) is 23.2 Å². The lowest BCUT2D eigenvalue weighted by Gasteiger charge is -2.31. The molecule has 0 amide bonds. The molecule has 0 aliphatic carbocycles. The van der Waals surface area contributed by atoms with Crippen LogP contribution >= 0.6 is 0 Å². The second-order valence-electron chi connectivity index (χ2n) is 8.96. The van der Waals surface area contributed by atoms with Gasteiger partial charge in [0.1, 0.15) is 0 Å². The summed E-state index contributed by atoms with van der Waals surface area (Å²) in [4.78, 5) is 17.2. The number of aromatic nitrogens is 2. The summed E-state index contributed by atoms with van der Waals surface area (Å²) in [5.74, 6) is -1.02. The summed E-state index contributed by atoms with van der Waals surface area (Å²) >= 11 is 0. The molecule has 0 saturated heterocycles. The van der Waals surface area contributed by atoms with Gasteiger partial charge in [0.2, 0.25) is 5.82 Å². The molecule has 1 unspecified atom stereocenters. The Morgan fingerprint density at radius 2 is 1.70 bits per heavy atom. The fraction of sp³-hybridized carbons (Fsp3) is 0.250. The van der Waals surface area contributed by atoms with E-state index in [-0.39, 0.29) is 28.9 Å². The Bertz CT molecular complexity index is 1430. The van der Waals surface area contributed by atoms with E-state index >= 15 is 0 Å². The third-order valence-electron chi connectivity index (χ3n) is 6.62. The van der Waals surface area contributed by atoms with Gasteiger partial charge < -0.3 is 14.4 Å². The first-order chi connectivity index (χ1) is 17.5. The predicted molar refractivity (Wildman–Crippen MR) is 131 cm³/mol. The number of benzene rings is 3. The SMILES string of the molecule is Cc1ccccc1-c1ccc(-c2nc(-c3cccc(C(C)N(C)[C@@H](C)C(=O)[O-])c3)no2)cc1C(F)(F)F. The number of aryl methyl sites for hydroxylation is 1. The quantitative estimate of drug-likeness (QED) is 0.327. The molecule has 0 fully saturated rings. The summed E-state index contributed by atoms with van der Waals surface area (Å²) in [6, 6.07) is 17.0. The molecule has 1 aromatic heterocycles. The van der Waals surface area contributed by atoms with Crippen molar-refractivity contribution in [3.63, 3.8) is 0 Å². The third-order valence-corrected chi connectivity index (χ3v) is 6.62. The van der Waals surface area contributed by atoms with Gasteiger partial charge in [0.05, 0.1) is 11.5 Å². The highest BCUT2D eigenvalue weighted by molar-refractivity contribution is 5.74. The maximum Gasteiger partial charge on any atom is 0.417 e. The topological polar surface area (TPSA) is 82.3 Å². The van der Waals surface area contributed by atoms with E-state index in [1.807, 2.05) is 13.0 Å². The summed E-state index contributed by atoms with van der Waals surface area (Å²) in [6.45, 7) is 5.16. The maximum atomic E-state index is 14.0. The van der Waals surface area contributed by atoms with Gasteiger partial charge >= 0.3 is 6.18 Å². The van der Waals surface area contributed by atoms with Crippen molar-refractivity contribution in [3.8, 4) is 34.0 Å². The Balaban J connectivity index is 1.68. The Morgan fingerprint density at radius 3 is 2.38 bits per heavy atom. The molecule has 0 radical (unpaired) electrons. The predicted octanol–water partition coefficient (Wildman–Crippen LogP) is 5.53. The summed E-state index contributed by atoms with van der Waals surface area (Å²) in [6.07, 6.45) is -4.59. The van der Waals surface area contributed by atoms with E-state index in [1.165, 1.54) is 12.1 Å². The minimum atomic E-state index is -4.59. The van der Waals surface area contributed by atoms with Gasteiger partial charge in [-0.05, 0) is 68.3 Å². The Hall–Kier alpha value is -3.98. The molecule has 2 atom stereocenters. The lowest BCUT2D eigenvalue weighted by Crippen LogP contribution is -2.45. The molecular weight excluding hydrogens is 483 g/mol. The molecule has 4 aromatic rings. The smallest absolute Gasteiger partial charge is 0.417 e. The Kier molecular flexibility index (Phi) is 7.18. The van der Waals surface area contributed by atoms with Crippen molar-refractivity contribution in [2.75, 3.05) is 7.05 Å². The number of hydrogen-bond acceptors (Lipinski definition) is 6. The van der Waals surface area contributed by atoms with Crippen LogP contribution in [0.2, 0.25) is 0 Å². The fourth-order valence-electron chi connectivity index (χ4n) is 4.15. The Labute approximate surface area is 212 Å². The molecule has 3 aromatic carbocycles. The van der Waals surface area contributed by atoms with Gasteiger partial charge in [-0.25, -0.2) is 0 Å². The van der Waals surface area contributed by atoms with E-state index in [0.717, 1.165) is 17.2 Å². The van der Waals surface area contributed by atoms with E-state index in [9.17, 15) is 23.1 Å². The van der Waals surface area contributed by atoms with Crippen LogP contribution in [0.25, 0.3) is 34.0 Å². The fourth-order valence-corrected chi connectivity index (χ4v) is 4.15. The summed E-state index contributed by atoms with van der Waals surface area (Å²) in [5, 5.41) is 15.2. The molecule has 37 heavy (non-hydrogen) atoms. The largest absolute Gasteiger partial charge is 0.548 e. The van der Waals surface area contributed by atoms with Crippen LogP contribution in [0.4, 0.5) is 13.2 Å². The summed E-state index contributed by atoms with van der Waals surface area (Å²) in [5.41, 5.74) is 2.05. The number of hydrogen-bond donors (Lipinski definition) is 0. The van der Waals surface area contributed by atoms with Gasteiger partial charge in [-0.2, -0.15) is 18.2 Å². The normalized spacial score (nSPS) is 13.5. The minimum absolute atomic E-state index is 0.0435. The zero-order chi connectivity index (χ0) is 26.9. The number of carbonyl (C=O) groups is 1.